The number of urea groups is 1. The number of rotatable bonds is 7. The van der Waals surface area contributed by atoms with Crippen molar-refractivity contribution >= 4 is 6.03 Å². The molecule has 1 fully saturated rings. The lowest BCUT2D eigenvalue weighted by Gasteiger charge is -2.25. The van der Waals surface area contributed by atoms with Crippen LogP contribution in [0, 0.1) is 5.92 Å². The average molecular weight is 325 g/mol. The van der Waals surface area contributed by atoms with Gasteiger partial charge >= 0.3 is 12.2 Å². The van der Waals surface area contributed by atoms with Gasteiger partial charge in [-0.05, 0) is 31.7 Å². The van der Waals surface area contributed by atoms with Crippen LogP contribution >= 0.6 is 0 Å². The van der Waals surface area contributed by atoms with Crippen molar-refractivity contribution in [1.82, 2.24) is 15.5 Å². The highest BCUT2D eigenvalue weighted by Gasteiger charge is 2.34. The number of aliphatic hydroxyl groups is 1. The second-order valence-corrected chi connectivity index (χ2v) is 6.00. The zero-order valence-corrected chi connectivity index (χ0v) is 13.2. The average Bonchev–Trinajstić information content (AvgIpc) is 2.88. The van der Waals surface area contributed by atoms with Crippen molar-refractivity contribution in [2.45, 2.75) is 44.9 Å². The Morgan fingerprint density at radius 1 is 1.27 bits per heavy atom. The predicted molar refractivity (Wildman–Crippen MR) is 77.5 cm³/mol. The van der Waals surface area contributed by atoms with Crippen molar-refractivity contribution in [3.63, 3.8) is 0 Å². The molecule has 5 nitrogen and oxygen atoms in total. The van der Waals surface area contributed by atoms with Gasteiger partial charge in [0, 0.05) is 19.6 Å². The van der Waals surface area contributed by atoms with E-state index in [2.05, 4.69) is 10.6 Å². The summed E-state index contributed by atoms with van der Waals surface area (Å²) in [6, 6.07) is -0.394. The fourth-order valence-corrected chi connectivity index (χ4v) is 2.52. The van der Waals surface area contributed by atoms with Gasteiger partial charge in [-0.25, -0.2) is 4.79 Å². The molecule has 130 valence electrons. The number of likely N-dealkylation sites (tertiary alicyclic amines) is 1. The van der Waals surface area contributed by atoms with Gasteiger partial charge in [0.2, 0.25) is 0 Å². The van der Waals surface area contributed by atoms with Crippen molar-refractivity contribution < 1.29 is 23.1 Å². The highest BCUT2D eigenvalue weighted by atomic mass is 19.4. The molecule has 1 aliphatic heterocycles. The number of carbonyl (C=O) groups excluding carboxylic acids is 1. The first-order valence-electron chi connectivity index (χ1n) is 7.70. The third kappa shape index (κ3) is 6.83. The van der Waals surface area contributed by atoms with Crippen LogP contribution in [-0.2, 0) is 0 Å². The van der Waals surface area contributed by atoms with E-state index in [-0.39, 0.29) is 12.5 Å². The Hall–Kier alpha value is -1.02. The monoisotopic (exact) mass is 325 g/mol. The molecule has 0 radical (unpaired) electrons. The number of carbonyl (C=O) groups is 1. The van der Waals surface area contributed by atoms with Gasteiger partial charge in [-0.1, -0.05) is 13.8 Å². The molecular formula is C14H26F3N3O2. The Balaban J connectivity index is 2.23. The smallest absolute Gasteiger partial charge is 0.388 e. The molecule has 0 aromatic carbocycles. The molecule has 1 rings (SSSR count). The maximum Gasteiger partial charge on any atom is 0.401 e. The molecule has 0 saturated carbocycles. The zero-order chi connectivity index (χ0) is 16.8. The Morgan fingerprint density at radius 3 is 2.45 bits per heavy atom. The van der Waals surface area contributed by atoms with Gasteiger partial charge in [0.25, 0.3) is 0 Å². The first kappa shape index (κ1) is 19.0. The molecule has 1 heterocycles. The second-order valence-electron chi connectivity index (χ2n) is 6.00. The molecule has 8 heteroatoms. The topological polar surface area (TPSA) is 64.6 Å². The van der Waals surface area contributed by atoms with E-state index in [4.69, 9.17) is 0 Å². The van der Waals surface area contributed by atoms with E-state index < -0.39 is 24.4 Å². The normalized spacial score (nSPS) is 20.2. The fourth-order valence-electron chi connectivity index (χ4n) is 2.52. The van der Waals surface area contributed by atoms with Gasteiger partial charge in [0.1, 0.15) is 0 Å². The third-order valence-electron chi connectivity index (χ3n) is 4.22. The predicted octanol–water partition coefficient (Wildman–Crippen LogP) is 1.72. The summed E-state index contributed by atoms with van der Waals surface area (Å²) in [6.45, 7) is 4.05. The lowest BCUT2D eigenvalue weighted by Crippen LogP contribution is -2.46. The van der Waals surface area contributed by atoms with Crippen LogP contribution in [0.1, 0.15) is 33.1 Å². The van der Waals surface area contributed by atoms with Gasteiger partial charge in [-0.2, -0.15) is 13.2 Å². The maximum atomic E-state index is 12.3. The van der Waals surface area contributed by atoms with Gasteiger partial charge in [0.05, 0.1) is 12.1 Å². The van der Waals surface area contributed by atoms with Crippen LogP contribution in [0.2, 0.25) is 0 Å². The fraction of sp³-hybridized carbons (Fsp3) is 0.929. The van der Waals surface area contributed by atoms with Crippen molar-refractivity contribution in [3.8, 4) is 0 Å². The molecule has 3 N–H and O–H groups in total. The summed E-state index contributed by atoms with van der Waals surface area (Å²) >= 11 is 0. The summed E-state index contributed by atoms with van der Waals surface area (Å²) in [4.78, 5) is 13.0. The Labute approximate surface area is 129 Å². The van der Waals surface area contributed by atoms with E-state index >= 15 is 0 Å². The molecule has 1 saturated heterocycles. The highest BCUT2D eigenvalue weighted by Crippen LogP contribution is 2.22. The zero-order valence-electron chi connectivity index (χ0n) is 13.2. The molecule has 0 aliphatic carbocycles. The summed E-state index contributed by atoms with van der Waals surface area (Å²) < 4.78 is 36.8. The van der Waals surface area contributed by atoms with Crippen LogP contribution in [0.15, 0.2) is 0 Å². The highest BCUT2D eigenvalue weighted by molar-refractivity contribution is 5.73. The van der Waals surface area contributed by atoms with Crippen LogP contribution in [0.3, 0.4) is 0 Å². The molecular weight excluding hydrogens is 299 g/mol. The lowest BCUT2D eigenvalue weighted by atomic mass is 9.98. The Bertz CT molecular complexity index is 360. The van der Waals surface area contributed by atoms with Gasteiger partial charge < -0.3 is 15.7 Å². The van der Waals surface area contributed by atoms with Gasteiger partial charge in [-0.3, -0.25) is 4.90 Å². The number of nitrogens with one attached hydrogen (secondary N) is 2. The quantitative estimate of drug-likeness (QED) is 0.668. The lowest BCUT2D eigenvalue weighted by molar-refractivity contribution is -0.143. The molecule has 22 heavy (non-hydrogen) atoms. The second kappa shape index (κ2) is 8.01. The molecule has 0 spiro atoms. The van der Waals surface area contributed by atoms with E-state index in [9.17, 15) is 23.1 Å². The minimum absolute atomic E-state index is 0.0318. The molecule has 0 aromatic heterocycles. The first-order valence-corrected chi connectivity index (χ1v) is 7.70. The summed E-state index contributed by atoms with van der Waals surface area (Å²) in [6.07, 6.45) is -2.45. The number of nitrogens with zero attached hydrogens (tertiary/aromatic N) is 1. The SMILES string of the molecule is CCC(O)(CC)CNC(=O)NCC1CCN(CC(F)(F)F)C1. The van der Waals surface area contributed by atoms with E-state index in [0.717, 1.165) is 0 Å². The van der Waals surface area contributed by atoms with Crippen LogP contribution in [0.4, 0.5) is 18.0 Å². The van der Waals surface area contributed by atoms with Crippen LogP contribution < -0.4 is 10.6 Å². The number of halogens is 3. The largest absolute Gasteiger partial charge is 0.401 e. The molecule has 0 aromatic rings. The van der Waals surface area contributed by atoms with Crippen LogP contribution in [0.25, 0.3) is 0 Å². The first-order chi connectivity index (χ1) is 10.2. The van der Waals surface area contributed by atoms with Crippen molar-refractivity contribution in [1.29, 1.82) is 0 Å². The minimum Gasteiger partial charge on any atom is -0.388 e. The van der Waals surface area contributed by atoms with Crippen molar-refractivity contribution in [2.75, 3.05) is 32.7 Å². The minimum atomic E-state index is -4.18. The summed E-state index contributed by atoms with van der Waals surface area (Å²) in [7, 11) is 0. The third-order valence-corrected chi connectivity index (χ3v) is 4.22. The van der Waals surface area contributed by atoms with Crippen molar-refractivity contribution in [2.24, 2.45) is 5.92 Å². The van der Waals surface area contributed by atoms with E-state index in [1.54, 1.807) is 0 Å². The molecule has 0 bridgehead atoms. The Morgan fingerprint density at radius 2 is 1.91 bits per heavy atom. The van der Waals surface area contributed by atoms with Crippen LogP contribution in [-0.4, -0.2) is 60.5 Å². The number of alkyl halides is 3. The van der Waals surface area contributed by atoms with E-state index in [0.29, 0.717) is 38.9 Å². The summed E-state index contributed by atoms with van der Waals surface area (Å²) in [5.74, 6) is 0.0318. The molecule has 1 atom stereocenters. The van der Waals surface area contributed by atoms with Gasteiger partial charge in [0.15, 0.2) is 0 Å². The van der Waals surface area contributed by atoms with E-state index in [1.807, 2.05) is 13.8 Å². The number of hydrogen-bond donors (Lipinski definition) is 3. The standard InChI is InChI=1S/C14H26F3N3O2/c1-3-13(22,4-2)9-19-12(21)18-7-11-5-6-20(8-11)10-14(15,16)17/h11,22H,3-10H2,1-2H3,(H2,18,19,21). The summed E-state index contributed by atoms with van der Waals surface area (Å²) in [5.41, 5.74) is -0.909. The molecule has 1 unspecified atom stereocenters. The van der Waals surface area contributed by atoms with Crippen LogP contribution in [0.5, 0.6) is 0 Å². The van der Waals surface area contributed by atoms with Crippen molar-refractivity contribution in [3.05, 3.63) is 0 Å². The van der Waals surface area contributed by atoms with E-state index in [1.165, 1.54) is 4.90 Å². The number of amides is 2. The molecule has 1 aliphatic rings. The molecule has 2 amide bonds. The summed E-state index contributed by atoms with van der Waals surface area (Å²) in [5, 5.41) is 15.3. The number of hydrogen-bond acceptors (Lipinski definition) is 3. The Kier molecular flexibility index (Phi) is 6.93. The maximum absolute atomic E-state index is 12.3. The van der Waals surface area contributed by atoms with Gasteiger partial charge in [-0.15, -0.1) is 0 Å².